The van der Waals surface area contributed by atoms with E-state index in [1.54, 1.807) is 49.6 Å². The molecule has 0 radical (unpaired) electrons. The number of amides is 2. The predicted octanol–water partition coefficient (Wildman–Crippen LogP) is 5.28. The van der Waals surface area contributed by atoms with Gasteiger partial charge in [-0.3, -0.25) is 9.59 Å². The highest BCUT2D eigenvalue weighted by Crippen LogP contribution is 2.25. The number of carbonyl (C=O) groups is 2. The number of methoxy groups -OCH3 is 1. The van der Waals surface area contributed by atoms with Crippen LogP contribution in [0.2, 0.25) is 10.0 Å². The van der Waals surface area contributed by atoms with Gasteiger partial charge in [0.15, 0.2) is 0 Å². The molecule has 2 amide bonds. The van der Waals surface area contributed by atoms with Crippen molar-refractivity contribution in [1.29, 1.82) is 0 Å². The molecule has 30 heavy (non-hydrogen) atoms. The molecular formula is C23H20Cl2N2O3. The molecule has 0 saturated carbocycles. The van der Waals surface area contributed by atoms with Crippen LogP contribution in [0.5, 0.6) is 5.75 Å². The first kappa shape index (κ1) is 21.7. The van der Waals surface area contributed by atoms with Gasteiger partial charge in [0.25, 0.3) is 5.91 Å². The van der Waals surface area contributed by atoms with E-state index in [9.17, 15) is 9.59 Å². The number of carbonyl (C=O) groups excluding carboxylic acids is 2. The van der Waals surface area contributed by atoms with Crippen molar-refractivity contribution in [2.45, 2.75) is 6.54 Å². The lowest BCUT2D eigenvalue weighted by Crippen LogP contribution is -2.37. The van der Waals surface area contributed by atoms with Gasteiger partial charge in [-0.15, -0.1) is 0 Å². The Balaban J connectivity index is 1.78. The lowest BCUT2D eigenvalue weighted by Gasteiger charge is -2.23. The maximum atomic E-state index is 13.1. The van der Waals surface area contributed by atoms with E-state index in [1.165, 1.54) is 4.90 Å². The van der Waals surface area contributed by atoms with Crippen LogP contribution in [0.3, 0.4) is 0 Å². The highest BCUT2D eigenvalue weighted by Gasteiger charge is 2.20. The molecule has 0 atom stereocenters. The second kappa shape index (κ2) is 10.1. The van der Waals surface area contributed by atoms with Crippen LogP contribution in [-0.2, 0) is 11.3 Å². The average Bonchev–Trinajstić information content (AvgIpc) is 2.76. The summed E-state index contributed by atoms with van der Waals surface area (Å²) in [4.78, 5) is 27.2. The molecule has 0 spiro atoms. The topological polar surface area (TPSA) is 58.6 Å². The maximum absolute atomic E-state index is 13.1. The third-order valence-electron chi connectivity index (χ3n) is 4.38. The number of hydrogen-bond donors (Lipinski definition) is 1. The van der Waals surface area contributed by atoms with Crippen molar-refractivity contribution in [1.82, 2.24) is 4.90 Å². The largest absolute Gasteiger partial charge is 0.497 e. The van der Waals surface area contributed by atoms with Crippen LogP contribution < -0.4 is 10.1 Å². The van der Waals surface area contributed by atoms with E-state index in [0.717, 1.165) is 5.56 Å². The number of nitrogens with one attached hydrogen (secondary N) is 1. The SMILES string of the molecule is COc1ccc(C(=O)N(CC(=O)Nc2ccc(Cl)c(Cl)c2)Cc2ccccc2)cc1. The summed E-state index contributed by atoms with van der Waals surface area (Å²) in [6.45, 7) is 0.167. The number of anilines is 1. The van der Waals surface area contributed by atoms with Crippen molar-refractivity contribution in [2.75, 3.05) is 19.0 Å². The standard InChI is InChI=1S/C23H20Cl2N2O3/c1-30-19-10-7-17(8-11-19)23(29)27(14-16-5-3-2-4-6-16)15-22(28)26-18-9-12-20(24)21(25)13-18/h2-13H,14-15H2,1H3,(H,26,28). The Morgan fingerprint density at radius 1 is 0.933 bits per heavy atom. The first-order valence-electron chi connectivity index (χ1n) is 9.18. The lowest BCUT2D eigenvalue weighted by molar-refractivity contribution is -0.117. The Labute approximate surface area is 185 Å². The van der Waals surface area contributed by atoms with E-state index in [4.69, 9.17) is 27.9 Å². The van der Waals surface area contributed by atoms with E-state index in [0.29, 0.717) is 33.6 Å². The molecule has 0 fully saturated rings. The van der Waals surface area contributed by atoms with Crippen molar-refractivity contribution in [3.05, 3.63) is 94.0 Å². The van der Waals surface area contributed by atoms with Gasteiger partial charge in [0, 0.05) is 17.8 Å². The molecule has 0 aromatic heterocycles. The van der Waals surface area contributed by atoms with Gasteiger partial charge < -0.3 is 15.0 Å². The molecule has 5 nitrogen and oxygen atoms in total. The van der Waals surface area contributed by atoms with E-state index in [1.807, 2.05) is 30.3 Å². The van der Waals surface area contributed by atoms with Gasteiger partial charge in [0.05, 0.1) is 17.2 Å². The minimum Gasteiger partial charge on any atom is -0.497 e. The number of halogens is 2. The summed E-state index contributed by atoms with van der Waals surface area (Å²) in [5.74, 6) is 0.0514. The van der Waals surface area contributed by atoms with Crippen molar-refractivity contribution in [2.24, 2.45) is 0 Å². The Hall–Kier alpha value is -3.02. The van der Waals surface area contributed by atoms with Crippen LogP contribution in [0.1, 0.15) is 15.9 Å². The molecule has 0 heterocycles. The highest BCUT2D eigenvalue weighted by molar-refractivity contribution is 6.42. The quantitative estimate of drug-likeness (QED) is 0.541. The van der Waals surface area contributed by atoms with E-state index < -0.39 is 0 Å². The molecule has 7 heteroatoms. The van der Waals surface area contributed by atoms with Gasteiger partial charge in [-0.2, -0.15) is 0 Å². The van der Waals surface area contributed by atoms with Crippen molar-refractivity contribution >= 4 is 40.7 Å². The number of hydrogen-bond acceptors (Lipinski definition) is 3. The molecule has 0 aliphatic carbocycles. The van der Waals surface area contributed by atoms with Gasteiger partial charge in [-0.25, -0.2) is 0 Å². The Bertz CT molecular complexity index is 1020. The summed E-state index contributed by atoms with van der Waals surface area (Å²) in [6.07, 6.45) is 0. The zero-order chi connectivity index (χ0) is 21.5. The number of rotatable bonds is 7. The molecule has 0 saturated heterocycles. The molecule has 1 N–H and O–H groups in total. The van der Waals surface area contributed by atoms with Gasteiger partial charge in [0.2, 0.25) is 5.91 Å². The van der Waals surface area contributed by atoms with E-state index in [-0.39, 0.29) is 18.4 Å². The first-order chi connectivity index (χ1) is 14.5. The third-order valence-corrected chi connectivity index (χ3v) is 5.12. The minimum absolute atomic E-state index is 0.125. The second-order valence-corrected chi connectivity index (χ2v) is 7.37. The van der Waals surface area contributed by atoms with Gasteiger partial charge in [-0.05, 0) is 48.0 Å². The molecule has 0 bridgehead atoms. The van der Waals surface area contributed by atoms with Crippen LogP contribution >= 0.6 is 23.2 Å². The molecule has 0 aliphatic rings. The minimum atomic E-state index is -0.341. The van der Waals surface area contributed by atoms with Crippen LogP contribution in [0, 0.1) is 0 Å². The Morgan fingerprint density at radius 3 is 2.27 bits per heavy atom. The zero-order valence-electron chi connectivity index (χ0n) is 16.3. The number of benzene rings is 3. The predicted molar refractivity (Wildman–Crippen MR) is 119 cm³/mol. The molecule has 3 rings (SSSR count). The van der Waals surface area contributed by atoms with Crippen molar-refractivity contribution in [3.8, 4) is 5.75 Å². The zero-order valence-corrected chi connectivity index (χ0v) is 17.8. The van der Waals surface area contributed by atoms with Gasteiger partial charge >= 0.3 is 0 Å². The van der Waals surface area contributed by atoms with Crippen molar-refractivity contribution in [3.63, 3.8) is 0 Å². The molecular weight excluding hydrogens is 423 g/mol. The number of ether oxygens (including phenoxy) is 1. The molecule has 3 aromatic rings. The fourth-order valence-electron chi connectivity index (χ4n) is 2.87. The molecule has 154 valence electrons. The normalized spacial score (nSPS) is 10.4. The van der Waals surface area contributed by atoms with Gasteiger partial charge in [-0.1, -0.05) is 53.5 Å². The second-order valence-electron chi connectivity index (χ2n) is 6.55. The van der Waals surface area contributed by atoms with Crippen molar-refractivity contribution < 1.29 is 14.3 Å². The summed E-state index contributed by atoms with van der Waals surface area (Å²) >= 11 is 11.9. The smallest absolute Gasteiger partial charge is 0.254 e. The van der Waals surface area contributed by atoms with Crippen LogP contribution in [0.15, 0.2) is 72.8 Å². The highest BCUT2D eigenvalue weighted by atomic mass is 35.5. The van der Waals surface area contributed by atoms with E-state index in [2.05, 4.69) is 5.32 Å². The molecule has 3 aromatic carbocycles. The third kappa shape index (κ3) is 5.75. The number of nitrogens with zero attached hydrogens (tertiary/aromatic N) is 1. The average molecular weight is 443 g/mol. The summed E-state index contributed by atoms with van der Waals surface area (Å²) in [5.41, 5.74) is 1.89. The maximum Gasteiger partial charge on any atom is 0.254 e. The van der Waals surface area contributed by atoms with Crippen LogP contribution in [0.25, 0.3) is 0 Å². The summed E-state index contributed by atoms with van der Waals surface area (Å²) < 4.78 is 5.14. The van der Waals surface area contributed by atoms with Crippen LogP contribution in [-0.4, -0.2) is 30.4 Å². The summed E-state index contributed by atoms with van der Waals surface area (Å²) in [5, 5.41) is 3.49. The fourth-order valence-corrected chi connectivity index (χ4v) is 3.17. The Kier molecular flexibility index (Phi) is 7.33. The monoisotopic (exact) mass is 442 g/mol. The fraction of sp³-hybridized carbons (Fsp3) is 0.130. The van der Waals surface area contributed by atoms with E-state index >= 15 is 0 Å². The first-order valence-corrected chi connectivity index (χ1v) is 9.94. The molecule has 0 unspecified atom stereocenters. The summed E-state index contributed by atoms with van der Waals surface area (Å²) in [7, 11) is 1.56. The lowest BCUT2D eigenvalue weighted by atomic mass is 10.1. The van der Waals surface area contributed by atoms with Crippen LogP contribution in [0.4, 0.5) is 5.69 Å². The van der Waals surface area contributed by atoms with Gasteiger partial charge in [0.1, 0.15) is 12.3 Å². The summed E-state index contributed by atoms with van der Waals surface area (Å²) in [6, 6.07) is 21.1. The molecule has 0 aliphatic heterocycles. The Morgan fingerprint density at radius 2 is 1.63 bits per heavy atom.